The summed E-state index contributed by atoms with van der Waals surface area (Å²) in [6.45, 7) is 10.3. The van der Waals surface area contributed by atoms with Crippen LogP contribution >= 0.6 is 0 Å². The lowest BCUT2D eigenvalue weighted by molar-refractivity contribution is -0.881. The van der Waals surface area contributed by atoms with Crippen molar-refractivity contribution < 1.29 is 24.0 Å². The normalized spacial score (nSPS) is 12.1. The van der Waals surface area contributed by atoms with Crippen LogP contribution in [0.1, 0.15) is 52.9 Å². The average Bonchev–Trinajstić information content (AvgIpc) is 2.79. The van der Waals surface area contributed by atoms with Crippen molar-refractivity contribution in [1.29, 1.82) is 0 Å². The molecule has 3 N–H and O–H groups in total. The Labute approximate surface area is 142 Å². The summed E-state index contributed by atoms with van der Waals surface area (Å²) in [5, 5.41) is 2.83. The third kappa shape index (κ3) is 4.92. The van der Waals surface area contributed by atoms with Gasteiger partial charge in [0, 0.05) is 11.7 Å². The maximum atomic E-state index is 12.6. The van der Waals surface area contributed by atoms with E-state index < -0.39 is 5.97 Å². The lowest BCUT2D eigenvalue weighted by Crippen LogP contribution is -3.13. The number of hydrogen-bond donors (Lipinski definition) is 3. The number of Topliss-reactive ketones (excluding diaryl/α,β-unsaturated/α-hetero) is 1. The number of aromatic amines is 1. The van der Waals surface area contributed by atoms with Crippen molar-refractivity contribution in [2.75, 3.05) is 26.7 Å². The quantitative estimate of drug-likeness (QED) is 0.461. The molecule has 0 radical (unpaired) electrons. The highest BCUT2D eigenvalue weighted by atomic mass is 16.5. The molecule has 7 heteroatoms. The number of esters is 1. The molecule has 134 valence electrons. The molecular weight excluding hydrogens is 310 g/mol. The van der Waals surface area contributed by atoms with Crippen molar-refractivity contribution in [2.45, 2.75) is 40.7 Å². The van der Waals surface area contributed by atoms with E-state index in [4.69, 9.17) is 4.74 Å². The highest BCUT2D eigenvalue weighted by Gasteiger charge is 2.25. The van der Waals surface area contributed by atoms with E-state index in [1.54, 1.807) is 13.8 Å². The zero-order valence-electron chi connectivity index (χ0n) is 15.3. The molecule has 1 rings (SSSR count). The molecule has 0 aliphatic rings. The molecule has 0 aliphatic carbocycles. The van der Waals surface area contributed by atoms with E-state index in [-0.39, 0.29) is 30.8 Å². The van der Waals surface area contributed by atoms with Gasteiger partial charge in [0.15, 0.2) is 6.54 Å². The summed E-state index contributed by atoms with van der Waals surface area (Å²) < 4.78 is 4.75. The van der Waals surface area contributed by atoms with Crippen molar-refractivity contribution in [3.63, 3.8) is 0 Å². The van der Waals surface area contributed by atoms with Crippen LogP contribution in [0.3, 0.4) is 0 Å². The number of rotatable bonds is 8. The molecule has 1 aromatic rings. The Hall–Kier alpha value is -2.15. The van der Waals surface area contributed by atoms with Crippen LogP contribution in [-0.4, -0.2) is 55.4 Å². The number of aryl methyl sites for hydroxylation is 1. The summed E-state index contributed by atoms with van der Waals surface area (Å²) >= 11 is 0. The number of H-pyrrole nitrogens is 1. The van der Waals surface area contributed by atoms with Gasteiger partial charge in [-0.25, -0.2) is 4.79 Å². The Bertz CT molecular complexity index is 620. The fourth-order valence-electron chi connectivity index (χ4n) is 2.67. The number of aromatic nitrogens is 1. The van der Waals surface area contributed by atoms with Gasteiger partial charge in [-0.05, 0) is 40.2 Å². The van der Waals surface area contributed by atoms with Crippen LogP contribution in [0.5, 0.6) is 0 Å². The Morgan fingerprint density at radius 1 is 1.21 bits per heavy atom. The van der Waals surface area contributed by atoms with E-state index in [2.05, 4.69) is 10.3 Å². The van der Waals surface area contributed by atoms with Crippen LogP contribution in [0.15, 0.2) is 0 Å². The summed E-state index contributed by atoms with van der Waals surface area (Å²) in [7, 11) is 1.31. The molecule has 0 fully saturated rings. The van der Waals surface area contributed by atoms with Crippen LogP contribution in [0.25, 0.3) is 0 Å². The molecule has 1 aromatic heterocycles. The summed E-state index contributed by atoms with van der Waals surface area (Å²) in [6.07, 6.45) is 0. The number of ketones is 1. The van der Waals surface area contributed by atoms with Gasteiger partial charge < -0.3 is 19.9 Å². The maximum absolute atomic E-state index is 12.6. The molecule has 1 heterocycles. The Kier molecular flexibility index (Phi) is 7.16. The molecule has 0 aliphatic heterocycles. The second-order valence-electron chi connectivity index (χ2n) is 6.22. The first-order valence-electron chi connectivity index (χ1n) is 8.14. The van der Waals surface area contributed by atoms with Crippen LogP contribution in [0.2, 0.25) is 0 Å². The first-order chi connectivity index (χ1) is 11.2. The predicted molar refractivity (Wildman–Crippen MR) is 90.5 cm³/mol. The number of hydrogen-bond acceptors (Lipinski definition) is 4. The monoisotopic (exact) mass is 338 g/mol. The smallest absolute Gasteiger partial charge is 0.339 e. The third-order valence-electron chi connectivity index (χ3n) is 3.88. The highest BCUT2D eigenvalue weighted by molar-refractivity contribution is 6.02. The van der Waals surface area contributed by atoms with Crippen LogP contribution in [0.4, 0.5) is 0 Å². The summed E-state index contributed by atoms with van der Waals surface area (Å²) in [4.78, 5) is 40.1. The van der Waals surface area contributed by atoms with Gasteiger partial charge in [-0.1, -0.05) is 0 Å². The topological polar surface area (TPSA) is 92.7 Å². The molecular formula is C17H28N3O4+. The number of carbonyl (C=O) groups excluding carboxylic acids is 3. The summed E-state index contributed by atoms with van der Waals surface area (Å²) in [6, 6.07) is 0.0715. The SMILES string of the molecule is CC[NH+](CC(=O)NC(C)C)CC(=O)c1[nH]c(C)c(C(=O)OC)c1C. The molecule has 24 heavy (non-hydrogen) atoms. The zero-order chi connectivity index (χ0) is 18.4. The van der Waals surface area contributed by atoms with Crippen molar-refractivity contribution in [3.8, 4) is 0 Å². The van der Waals surface area contributed by atoms with Gasteiger partial charge in [0.25, 0.3) is 5.91 Å². The minimum atomic E-state index is -0.462. The van der Waals surface area contributed by atoms with Gasteiger partial charge in [-0.3, -0.25) is 9.59 Å². The number of quaternary nitrogens is 1. The van der Waals surface area contributed by atoms with Gasteiger partial charge in [0.05, 0.1) is 24.9 Å². The van der Waals surface area contributed by atoms with Crippen LogP contribution < -0.4 is 10.2 Å². The molecule has 1 atom stereocenters. The van der Waals surface area contributed by atoms with E-state index in [0.29, 0.717) is 29.1 Å². The third-order valence-corrected chi connectivity index (χ3v) is 3.88. The Balaban J connectivity index is 2.86. The van der Waals surface area contributed by atoms with Crippen molar-refractivity contribution in [1.82, 2.24) is 10.3 Å². The van der Waals surface area contributed by atoms with E-state index in [1.807, 2.05) is 20.8 Å². The van der Waals surface area contributed by atoms with Gasteiger partial charge in [0.2, 0.25) is 5.78 Å². The van der Waals surface area contributed by atoms with Crippen molar-refractivity contribution in [3.05, 3.63) is 22.5 Å². The van der Waals surface area contributed by atoms with E-state index in [0.717, 1.165) is 4.90 Å². The molecule has 0 saturated heterocycles. The molecule has 1 unspecified atom stereocenters. The Morgan fingerprint density at radius 2 is 1.83 bits per heavy atom. The molecule has 0 spiro atoms. The molecule has 7 nitrogen and oxygen atoms in total. The molecule has 0 aromatic carbocycles. The second-order valence-corrected chi connectivity index (χ2v) is 6.22. The first kappa shape index (κ1) is 19.9. The van der Waals surface area contributed by atoms with E-state index in [1.165, 1.54) is 7.11 Å². The van der Waals surface area contributed by atoms with Gasteiger partial charge >= 0.3 is 5.97 Å². The van der Waals surface area contributed by atoms with Gasteiger partial charge in [-0.2, -0.15) is 0 Å². The minimum Gasteiger partial charge on any atom is -0.465 e. The predicted octanol–water partition coefficient (Wildman–Crippen LogP) is 0.0302. The Morgan fingerprint density at radius 3 is 2.33 bits per heavy atom. The van der Waals surface area contributed by atoms with Crippen LogP contribution in [0, 0.1) is 13.8 Å². The number of nitrogens with one attached hydrogen (secondary N) is 3. The lowest BCUT2D eigenvalue weighted by atomic mass is 10.1. The molecule has 1 amide bonds. The largest absolute Gasteiger partial charge is 0.465 e. The highest BCUT2D eigenvalue weighted by Crippen LogP contribution is 2.18. The zero-order valence-corrected chi connectivity index (χ0v) is 15.3. The standard InChI is InChI=1S/C17H27N3O4/c1-7-20(9-14(22)18-10(2)3)8-13(21)16-11(4)15(12(5)19-16)17(23)24-6/h10,19H,7-9H2,1-6H3,(H,18,22)/p+1. The number of carbonyl (C=O) groups is 3. The number of ether oxygens (including phenoxy) is 1. The minimum absolute atomic E-state index is 0.0715. The van der Waals surface area contributed by atoms with Crippen molar-refractivity contribution >= 4 is 17.7 Å². The fourth-order valence-corrected chi connectivity index (χ4v) is 2.67. The number of methoxy groups -OCH3 is 1. The summed E-state index contributed by atoms with van der Waals surface area (Å²) in [5.74, 6) is -0.666. The lowest BCUT2D eigenvalue weighted by Gasteiger charge is -2.17. The first-order valence-corrected chi connectivity index (χ1v) is 8.14. The molecule has 0 bridgehead atoms. The second kappa shape index (κ2) is 8.63. The van der Waals surface area contributed by atoms with Crippen LogP contribution in [-0.2, 0) is 9.53 Å². The van der Waals surface area contributed by atoms with E-state index >= 15 is 0 Å². The number of likely N-dealkylation sites (N-methyl/N-ethyl adjacent to an activating group) is 1. The maximum Gasteiger partial charge on any atom is 0.339 e. The fraction of sp³-hybridized carbons (Fsp3) is 0.588. The summed E-state index contributed by atoms with van der Waals surface area (Å²) in [5.41, 5.74) is 2.00. The van der Waals surface area contributed by atoms with Gasteiger partial charge in [-0.15, -0.1) is 0 Å². The van der Waals surface area contributed by atoms with Crippen molar-refractivity contribution in [2.24, 2.45) is 0 Å². The van der Waals surface area contributed by atoms with E-state index in [9.17, 15) is 14.4 Å². The average molecular weight is 338 g/mol. The van der Waals surface area contributed by atoms with Gasteiger partial charge in [0.1, 0.15) is 6.54 Å². The number of amides is 1. The molecule has 0 saturated carbocycles.